The van der Waals surface area contributed by atoms with Gasteiger partial charge in [-0.25, -0.2) is 9.97 Å². The van der Waals surface area contributed by atoms with E-state index in [1.54, 1.807) is 0 Å². The molecule has 2 aromatic rings. The van der Waals surface area contributed by atoms with Crippen LogP contribution in [0, 0.1) is 0 Å². The molecule has 2 rings (SSSR count). The van der Waals surface area contributed by atoms with Gasteiger partial charge in [0.25, 0.3) is 0 Å². The Morgan fingerprint density at radius 1 is 1.47 bits per heavy atom. The molecule has 0 atom stereocenters. The fraction of sp³-hybridized carbons (Fsp3) is 0.500. The molecule has 0 bridgehead atoms. The third-order valence-electron chi connectivity index (χ3n) is 2.68. The molecule has 0 radical (unpaired) electrons. The van der Waals surface area contributed by atoms with Crippen LogP contribution >= 0.6 is 15.9 Å². The van der Waals surface area contributed by atoms with E-state index in [1.807, 2.05) is 12.3 Å². The highest BCUT2D eigenvalue weighted by Gasteiger charge is 2.14. The molecule has 0 aliphatic carbocycles. The highest BCUT2D eigenvalue weighted by atomic mass is 79.9. The van der Waals surface area contributed by atoms with Crippen molar-refractivity contribution in [1.82, 2.24) is 14.5 Å². The third-order valence-corrected chi connectivity index (χ3v) is 3.12. The van der Waals surface area contributed by atoms with Crippen LogP contribution in [0.1, 0.15) is 32.0 Å². The molecule has 2 heterocycles. The molecule has 17 heavy (non-hydrogen) atoms. The quantitative estimate of drug-likeness (QED) is 0.944. The van der Waals surface area contributed by atoms with Crippen LogP contribution in [0.5, 0.6) is 0 Å². The maximum absolute atomic E-state index is 5.58. The molecule has 0 saturated heterocycles. The average Bonchev–Trinajstić information content (AvgIpc) is 2.64. The number of nitrogens with two attached hydrogens (primary N) is 1. The van der Waals surface area contributed by atoms with Gasteiger partial charge in [0.05, 0.1) is 0 Å². The number of hydrogen-bond acceptors (Lipinski definition) is 3. The molecule has 0 aliphatic rings. The monoisotopic (exact) mass is 296 g/mol. The topological polar surface area (TPSA) is 56.7 Å². The average molecular weight is 297 g/mol. The van der Waals surface area contributed by atoms with Crippen molar-refractivity contribution >= 4 is 27.1 Å². The largest absolute Gasteiger partial charge is 0.330 e. The molecule has 92 valence electrons. The zero-order valence-electron chi connectivity index (χ0n) is 10.2. The predicted molar refractivity (Wildman–Crippen MR) is 73.0 cm³/mol. The first-order valence-corrected chi connectivity index (χ1v) is 6.64. The number of rotatable bonds is 4. The van der Waals surface area contributed by atoms with Crippen LogP contribution in [-0.2, 0) is 6.54 Å². The Morgan fingerprint density at radius 3 is 2.88 bits per heavy atom. The van der Waals surface area contributed by atoms with Crippen LogP contribution < -0.4 is 5.73 Å². The molecule has 2 aromatic heterocycles. The first kappa shape index (κ1) is 12.5. The van der Waals surface area contributed by atoms with Crippen molar-refractivity contribution < 1.29 is 0 Å². The molecule has 0 spiro atoms. The minimum absolute atomic E-state index is 0.390. The van der Waals surface area contributed by atoms with Crippen LogP contribution in [0.25, 0.3) is 11.2 Å². The number of imidazole rings is 1. The Hall–Kier alpha value is -0.940. The summed E-state index contributed by atoms with van der Waals surface area (Å²) in [6, 6.07) is 2.01. The smallest absolute Gasteiger partial charge is 0.160 e. The van der Waals surface area contributed by atoms with E-state index in [0.29, 0.717) is 12.5 Å². The normalized spacial score (nSPS) is 11.6. The Balaban J connectivity index is 2.54. The van der Waals surface area contributed by atoms with Crippen molar-refractivity contribution in [2.45, 2.75) is 32.7 Å². The summed E-state index contributed by atoms with van der Waals surface area (Å²) in [4.78, 5) is 9.10. The summed E-state index contributed by atoms with van der Waals surface area (Å²) in [7, 11) is 0. The van der Waals surface area contributed by atoms with Crippen LogP contribution in [0.15, 0.2) is 16.7 Å². The van der Waals surface area contributed by atoms with Crippen LogP contribution in [0.3, 0.4) is 0 Å². The van der Waals surface area contributed by atoms with E-state index >= 15 is 0 Å². The Kier molecular flexibility index (Phi) is 3.79. The number of fused-ring (bicyclic) bond motifs is 1. The molecule has 0 amide bonds. The van der Waals surface area contributed by atoms with E-state index in [9.17, 15) is 0 Å². The summed E-state index contributed by atoms with van der Waals surface area (Å²) in [5.41, 5.74) is 7.47. The van der Waals surface area contributed by atoms with E-state index in [0.717, 1.165) is 34.4 Å². The fourth-order valence-electron chi connectivity index (χ4n) is 1.91. The van der Waals surface area contributed by atoms with Crippen molar-refractivity contribution in [1.29, 1.82) is 0 Å². The van der Waals surface area contributed by atoms with E-state index < -0.39 is 0 Å². The summed E-state index contributed by atoms with van der Waals surface area (Å²) < 4.78 is 3.14. The fourth-order valence-corrected chi connectivity index (χ4v) is 2.23. The molecule has 0 aliphatic heterocycles. The molecule has 4 nitrogen and oxygen atoms in total. The van der Waals surface area contributed by atoms with Gasteiger partial charge in [-0.15, -0.1) is 0 Å². The Bertz CT molecular complexity index is 518. The van der Waals surface area contributed by atoms with Gasteiger partial charge in [0.1, 0.15) is 11.3 Å². The third kappa shape index (κ3) is 2.50. The second kappa shape index (κ2) is 5.14. The molecule has 0 unspecified atom stereocenters. The lowest BCUT2D eigenvalue weighted by atomic mass is 10.2. The minimum atomic E-state index is 0.390. The maximum Gasteiger partial charge on any atom is 0.160 e. The van der Waals surface area contributed by atoms with E-state index in [4.69, 9.17) is 5.73 Å². The van der Waals surface area contributed by atoms with E-state index in [2.05, 4.69) is 44.3 Å². The number of pyridine rings is 1. The summed E-state index contributed by atoms with van der Waals surface area (Å²) in [5.74, 6) is 1.47. The lowest BCUT2D eigenvalue weighted by Gasteiger charge is -2.09. The lowest BCUT2D eigenvalue weighted by molar-refractivity contribution is 0.604. The Morgan fingerprint density at radius 2 is 2.24 bits per heavy atom. The summed E-state index contributed by atoms with van der Waals surface area (Å²) >= 11 is 3.42. The van der Waals surface area contributed by atoms with E-state index in [1.165, 1.54) is 0 Å². The molecule has 5 heteroatoms. The number of aryl methyl sites for hydroxylation is 1. The zero-order valence-corrected chi connectivity index (χ0v) is 11.7. The maximum atomic E-state index is 5.58. The number of nitrogens with zero attached hydrogens (tertiary/aromatic N) is 3. The van der Waals surface area contributed by atoms with Gasteiger partial charge in [-0.2, -0.15) is 0 Å². The summed E-state index contributed by atoms with van der Waals surface area (Å²) in [5, 5.41) is 0. The molecule has 0 fully saturated rings. The molecular formula is C12H17BrN4. The predicted octanol–water partition coefficient (Wildman–Crippen LogP) is 2.67. The number of hydrogen-bond donors (Lipinski definition) is 1. The lowest BCUT2D eigenvalue weighted by Crippen LogP contribution is -2.10. The van der Waals surface area contributed by atoms with Crippen LogP contribution in [-0.4, -0.2) is 21.1 Å². The van der Waals surface area contributed by atoms with E-state index in [-0.39, 0.29) is 0 Å². The zero-order chi connectivity index (χ0) is 12.4. The molecule has 0 saturated carbocycles. The van der Waals surface area contributed by atoms with Gasteiger partial charge in [0, 0.05) is 23.1 Å². The van der Waals surface area contributed by atoms with Gasteiger partial charge >= 0.3 is 0 Å². The van der Waals surface area contributed by atoms with Crippen molar-refractivity contribution in [3.63, 3.8) is 0 Å². The van der Waals surface area contributed by atoms with Crippen LogP contribution in [0.4, 0.5) is 0 Å². The van der Waals surface area contributed by atoms with Gasteiger partial charge in [-0.3, -0.25) is 0 Å². The van der Waals surface area contributed by atoms with Gasteiger partial charge in [-0.05, 0) is 35.0 Å². The molecular weight excluding hydrogens is 280 g/mol. The van der Waals surface area contributed by atoms with Gasteiger partial charge < -0.3 is 10.3 Å². The first-order chi connectivity index (χ1) is 8.13. The standard InChI is InChI=1S/C12H17BrN4/c1-8(2)11-16-10-6-9(13)7-15-12(10)17(11)5-3-4-14/h6-8H,3-5,14H2,1-2H3. The first-order valence-electron chi connectivity index (χ1n) is 5.85. The van der Waals surface area contributed by atoms with Crippen molar-refractivity contribution in [2.75, 3.05) is 6.54 Å². The van der Waals surface area contributed by atoms with Gasteiger partial charge in [0.2, 0.25) is 0 Å². The molecule has 0 aromatic carbocycles. The second-order valence-electron chi connectivity index (χ2n) is 4.41. The number of aromatic nitrogens is 3. The number of halogens is 1. The molecule has 2 N–H and O–H groups in total. The van der Waals surface area contributed by atoms with Crippen molar-refractivity contribution in [3.05, 3.63) is 22.6 Å². The highest BCUT2D eigenvalue weighted by Crippen LogP contribution is 2.22. The summed E-state index contributed by atoms with van der Waals surface area (Å²) in [6.07, 6.45) is 2.76. The van der Waals surface area contributed by atoms with Crippen molar-refractivity contribution in [3.8, 4) is 0 Å². The van der Waals surface area contributed by atoms with Gasteiger partial charge in [-0.1, -0.05) is 13.8 Å². The highest BCUT2D eigenvalue weighted by molar-refractivity contribution is 9.10. The SMILES string of the molecule is CC(C)c1nc2cc(Br)cnc2n1CCCN. The van der Waals surface area contributed by atoms with Gasteiger partial charge in [0.15, 0.2) is 5.65 Å². The van der Waals surface area contributed by atoms with Crippen molar-refractivity contribution in [2.24, 2.45) is 5.73 Å². The second-order valence-corrected chi connectivity index (χ2v) is 5.33. The summed E-state index contributed by atoms with van der Waals surface area (Å²) in [6.45, 7) is 5.87. The minimum Gasteiger partial charge on any atom is -0.330 e. The van der Waals surface area contributed by atoms with Crippen LogP contribution in [0.2, 0.25) is 0 Å². The Labute approximate surface area is 109 Å².